The Bertz CT molecular complexity index is 859. The molecule has 3 rings (SSSR count). The predicted octanol–water partition coefficient (Wildman–Crippen LogP) is 4.23. The van der Waals surface area contributed by atoms with Gasteiger partial charge in [0.1, 0.15) is 5.75 Å². The molecule has 25 heavy (non-hydrogen) atoms. The van der Waals surface area contributed by atoms with E-state index in [1.54, 1.807) is 6.07 Å². The summed E-state index contributed by atoms with van der Waals surface area (Å²) in [5, 5.41) is 9.27. The van der Waals surface area contributed by atoms with Gasteiger partial charge >= 0.3 is 6.36 Å². The molecule has 0 saturated carbocycles. The van der Waals surface area contributed by atoms with Gasteiger partial charge in [0.05, 0.1) is 5.69 Å². The van der Waals surface area contributed by atoms with Crippen molar-refractivity contribution in [1.82, 2.24) is 10.2 Å². The molecule has 0 fully saturated rings. The van der Waals surface area contributed by atoms with Gasteiger partial charge in [-0.15, -0.1) is 13.2 Å². The highest BCUT2D eigenvalue weighted by molar-refractivity contribution is 6.03. The van der Waals surface area contributed by atoms with Crippen LogP contribution < -0.4 is 10.1 Å². The fraction of sp³-hybridized carbons (Fsp3) is 0.0588. The molecule has 0 bridgehead atoms. The maximum absolute atomic E-state index is 12.2. The van der Waals surface area contributed by atoms with Gasteiger partial charge in [-0.25, -0.2) is 0 Å². The van der Waals surface area contributed by atoms with Crippen molar-refractivity contribution >= 4 is 11.6 Å². The van der Waals surface area contributed by atoms with E-state index in [4.69, 9.17) is 0 Å². The van der Waals surface area contributed by atoms with Crippen LogP contribution in [0.1, 0.15) is 10.5 Å². The number of hydrogen-bond acceptors (Lipinski definition) is 3. The first kappa shape index (κ1) is 16.6. The van der Waals surface area contributed by atoms with Crippen LogP contribution >= 0.6 is 0 Å². The standard InChI is InChI=1S/C17H12F3N3O2/c18-17(19,20)25-13-8-6-12(7-9-13)21-16(24)15-10-14(22-23-15)11-4-2-1-3-5-11/h1-10H,(H,21,24)(H,22,23). The molecule has 128 valence electrons. The summed E-state index contributed by atoms with van der Waals surface area (Å²) in [5.74, 6) is -0.848. The van der Waals surface area contributed by atoms with E-state index in [1.165, 1.54) is 12.1 Å². The molecule has 3 aromatic rings. The molecule has 0 aliphatic rings. The van der Waals surface area contributed by atoms with Crippen LogP contribution in [0.15, 0.2) is 60.7 Å². The highest BCUT2D eigenvalue weighted by atomic mass is 19.4. The molecule has 0 atom stereocenters. The molecule has 5 nitrogen and oxygen atoms in total. The number of rotatable bonds is 4. The summed E-state index contributed by atoms with van der Waals surface area (Å²) in [6.07, 6.45) is -4.76. The van der Waals surface area contributed by atoms with E-state index in [9.17, 15) is 18.0 Å². The van der Waals surface area contributed by atoms with Crippen molar-refractivity contribution in [3.8, 4) is 17.0 Å². The number of alkyl halides is 3. The molecular weight excluding hydrogens is 335 g/mol. The largest absolute Gasteiger partial charge is 0.573 e. The lowest BCUT2D eigenvalue weighted by atomic mass is 10.1. The minimum absolute atomic E-state index is 0.162. The number of carbonyl (C=O) groups excluding carboxylic acids is 1. The monoisotopic (exact) mass is 347 g/mol. The zero-order chi connectivity index (χ0) is 17.9. The Morgan fingerprint density at radius 3 is 2.36 bits per heavy atom. The van der Waals surface area contributed by atoms with Gasteiger partial charge in [-0.05, 0) is 35.9 Å². The number of aromatic nitrogens is 2. The molecular formula is C17H12F3N3O2. The molecule has 2 N–H and O–H groups in total. The number of anilines is 1. The van der Waals surface area contributed by atoms with E-state index in [2.05, 4.69) is 20.3 Å². The van der Waals surface area contributed by atoms with Crippen molar-refractivity contribution < 1.29 is 22.7 Å². The van der Waals surface area contributed by atoms with Crippen LogP contribution in [0.2, 0.25) is 0 Å². The van der Waals surface area contributed by atoms with E-state index in [-0.39, 0.29) is 11.4 Å². The van der Waals surface area contributed by atoms with Crippen LogP contribution in [0, 0.1) is 0 Å². The van der Waals surface area contributed by atoms with Crippen molar-refractivity contribution in [3.05, 3.63) is 66.4 Å². The second kappa shape index (κ2) is 6.68. The molecule has 0 spiro atoms. The van der Waals surface area contributed by atoms with Gasteiger partial charge in [0.15, 0.2) is 5.69 Å². The molecule has 8 heteroatoms. The molecule has 0 aliphatic heterocycles. The van der Waals surface area contributed by atoms with Gasteiger partial charge < -0.3 is 10.1 Å². The summed E-state index contributed by atoms with van der Waals surface area (Å²) in [7, 11) is 0. The summed E-state index contributed by atoms with van der Waals surface area (Å²) >= 11 is 0. The molecule has 0 aliphatic carbocycles. The summed E-state index contributed by atoms with van der Waals surface area (Å²) in [5.41, 5.74) is 2.04. The quantitative estimate of drug-likeness (QED) is 0.742. The van der Waals surface area contributed by atoms with Crippen LogP contribution in [0.4, 0.5) is 18.9 Å². The van der Waals surface area contributed by atoms with Crippen molar-refractivity contribution in [3.63, 3.8) is 0 Å². The van der Waals surface area contributed by atoms with Crippen molar-refractivity contribution in [1.29, 1.82) is 0 Å². The third-order valence-corrected chi connectivity index (χ3v) is 3.24. The maximum Gasteiger partial charge on any atom is 0.573 e. The SMILES string of the molecule is O=C(Nc1ccc(OC(F)(F)F)cc1)c1cc(-c2ccccc2)[nH]n1. The van der Waals surface area contributed by atoms with Crippen LogP contribution in [0.5, 0.6) is 5.75 Å². The Labute approximate surface area is 140 Å². The van der Waals surface area contributed by atoms with Gasteiger partial charge in [-0.2, -0.15) is 5.10 Å². The predicted molar refractivity (Wildman–Crippen MR) is 85.1 cm³/mol. The van der Waals surface area contributed by atoms with Crippen molar-refractivity contribution in [2.45, 2.75) is 6.36 Å². The van der Waals surface area contributed by atoms with Crippen LogP contribution in [0.3, 0.4) is 0 Å². The number of benzene rings is 2. The number of halogens is 3. The Morgan fingerprint density at radius 2 is 1.72 bits per heavy atom. The normalized spacial score (nSPS) is 11.2. The van der Waals surface area contributed by atoms with Gasteiger partial charge in [0.2, 0.25) is 0 Å². The van der Waals surface area contributed by atoms with E-state index < -0.39 is 12.3 Å². The molecule has 1 amide bonds. The third kappa shape index (κ3) is 4.37. The van der Waals surface area contributed by atoms with Crippen molar-refractivity contribution in [2.75, 3.05) is 5.32 Å². The summed E-state index contributed by atoms with van der Waals surface area (Å²) in [6, 6.07) is 15.8. The first-order valence-corrected chi connectivity index (χ1v) is 7.19. The Kier molecular flexibility index (Phi) is 4.42. The lowest BCUT2D eigenvalue weighted by molar-refractivity contribution is -0.274. The number of nitrogens with zero attached hydrogens (tertiary/aromatic N) is 1. The average Bonchev–Trinajstić information content (AvgIpc) is 3.06. The van der Waals surface area contributed by atoms with E-state index >= 15 is 0 Å². The minimum Gasteiger partial charge on any atom is -0.406 e. The Balaban J connectivity index is 1.67. The third-order valence-electron chi connectivity index (χ3n) is 3.24. The highest BCUT2D eigenvalue weighted by Gasteiger charge is 2.30. The fourth-order valence-electron chi connectivity index (χ4n) is 2.14. The Morgan fingerprint density at radius 1 is 1.04 bits per heavy atom. The molecule has 0 radical (unpaired) electrons. The average molecular weight is 347 g/mol. The fourth-order valence-corrected chi connectivity index (χ4v) is 2.14. The maximum atomic E-state index is 12.2. The first-order chi connectivity index (χ1) is 11.9. The zero-order valence-electron chi connectivity index (χ0n) is 12.7. The van der Waals surface area contributed by atoms with Crippen molar-refractivity contribution in [2.24, 2.45) is 0 Å². The zero-order valence-corrected chi connectivity index (χ0v) is 12.7. The lowest BCUT2D eigenvalue weighted by Gasteiger charge is -2.09. The number of ether oxygens (including phenoxy) is 1. The Hall–Kier alpha value is -3.29. The van der Waals surface area contributed by atoms with Crippen LogP contribution in [-0.4, -0.2) is 22.5 Å². The summed E-state index contributed by atoms with van der Waals surface area (Å²) in [6.45, 7) is 0. The second-order valence-electron chi connectivity index (χ2n) is 5.06. The number of aromatic amines is 1. The number of hydrogen-bond donors (Lipinski definition) is 2. The smallest absolute Gasteiger partial charge is 0.406 e. The van der Waals surface area contributed by atoms with E-state index in [0.29, 0.717) is 11.4 Å². The molecule has 2 aromatic carbocycles. The number of amides is 1. The number of carbonyl (C=O) groups is 1. The highest BCUT2D eigenvalue weighted by Crippen LogP contribution is 2.24. The van der Waals surface area contributed by atoms with Gasteiger partial charge in [-0.1, -0.05) is 30.3 Å². The number of nitrogens with one attached hydrogen (secondary N) is 2. The summed E-state index contributed by atoms with van der Waals surface area (Å²) in [4.78, 5) is 12.2. The second-order valence-corrected chi connectivity index (χ2v) is 5.06. The number of H-pyrrole nitrogens is 1. The first-order valence-electron chi connectivity index (χ1n) is 7.19. The van der Waals surface area contributed by atoms with Gasteiger partial charge in [0, 0.05) is 5.69 Å². The molecule has 1 heterocycles. The van der Waals surface area contributed by atoms with E-state index in [0.717, 1.165) is 17.7 Å². The molecule has 0 unspecified atom stereocenters. The summed E-state index contributed by atoms with van der Waals surface area (Å²) < 4.78 is 40.1. The molecule has 0 saturated heterocycles. The van der Waals surface area contributed by atoms with Crippen LogP contribution in [-0.2, 0) is 0 Å². The van der Waals surface area contributed by atoms with Gasteiger partial charge in [-0.3, -0.25) is 9.89 Å². The van der Waals surface area contributed by atoms with Gasteiger partial charge in [0.25, 0.3) is 5.91 Å². The van der Waals surface area contributed by atoms with E-state index in [1.807, 2.05) is 30.3 Å². The minimum atomic E-state index is -4.76. The van der Waals surface area contributed by atoms with Crippen LogP contribution in [0.25, 0.3) is 11.3 Å². The molecule has 1 aromatic heterocycles. The lowest BCUT2D eigenvalue weighted by Crippen LogP contribution is -2.17. The topological polar surface area (TPSA) is 67.0 Å².